The lowest BCUT2D eigenvalue weighted by molar-refractivity contribution is 0.590. The van der Waals surface area contributed by atoms with Crippen molar-refractivity contribution in [3.05, 3.63) is 345 Å². The van der Waals surface area contributed by atoms with Crippen LogP contribution in [0.3, 0.4) is 0 Å². The van der Waals surface area contributed by atoms with Crippen LogP contribution in [-0.4, -0.2) is 6.71 Å². The number of hydrogen-bond donors (Lipinski definition) is 0. The van der Waals surface area contributed by atoms with Crippen molar-refractivity contribution >= 4 is 132 Å². The SMILES string of the molecule is CC(C)(C)c1cc2c3c(c1)N(c1c(-c4ccccc4)cccc1-c1ccccc1)c1cc(-c4c5ccccc5c(-c5cccc6c5oc5ccccc56)c5ccccc45)ccc1B3c1cc(-c3ccc4c(c3)sc3ccccc34)ccc1N2c1c(-c2ccccc2)cccc1-c1ccccc1. The molecule has 16 aromatic carbocycles. The van der Waals surface area contributed by atoms with Gasteiger partial charge in [-0.25, -0.2) is 0 Å². The van der Waals surface area contributed by atoms with E-state index in [2.05, 4.69) is 370 Å². The summed E-state index contributed by atoms with van der Waals surface area (Å²) < 4.78 is 9.49. The highest BCUT2D eigenvalue weighted by atomic mass is 32.1. The van der Waals surface area contributed by atoms with Gasteiger partial charge in [-0.1, -0.05) is 318 Å². The Hall–Kier alpha value is -12.3. The van der Waals surface area contributed by atoms with E-state index in [1.165, 1.54) is 85.9 Å². The van der Waals surface area contributed by atoms with Gasteiger partial charge in [-0.15, -0.1) is 11.3 Å². The smallest absolute Gasteiger partial charge is 0.252 e. The summed E-state index contributed by atoms with van der Waals surface area (Å²) in [5.41, 5.74) is 29.4. The minimum absolute atomic E-state index is 0.234. The lowest BCUT2D eigenvalue weighted by Crippen LogP contribution is -2.61. The Morgan fingerprint density at radius 1 is 0.287 bits per heavy atom. The summed E-state index contributed by atoms with van der Waals surface area (Å²) in [6.45, 7) is 6.91. The van der Waals surface area contributed by atoms with Gasteiger partial charge in [0.1, 0.15) is 11.2 Å². The van der Waals surface area contributed by atoms with Crippen molar-refractivity contribution in [2.75, 3.05) is 9.80 Å². The Labute approximate surface area is 591 Å². The molecule has 0 radical (unpaired) electrons. The maximum Gasteiger partial charge on any atom is 0.252 e. The van der Waals surface area contributed by atoms with E-state index in [0.29, 0.717) is 0 Å². The van der Waals surface area contributed by atoms with E-state index in [9.17, 15) is 0 Å². The summed E-state index contributed by atoms with van der Waals surface area (Å²) in [4.78, 5) is 5.38. The molecule has 0 spiro atoms. The molecule has 0 fully saturated rings. The molecule has 0 N–H and O–H groups in total. The van der Waals surface area contributed by atoms with E-state index >= 15 is 0 Å². The molecule has 0 amide bonds. The third-order valence-electron chi connectivity index (χ3n) is 21.4. The first kappa shape index (κ1) is 58.8. The van der Waals surface area contributed by atoms with Crippen molar-refractivity contribution < 1.29 is 4.42 Å². The van der Waals surface area contributed by atoms with Crippen LogP contribution in [0, 0.1) is 0 Å². The highest BCUT2D eigenvalue weighted by Gasteiger charge is 2.46. The quantitative estimate of drug-likeness (QED) is 0.106. The van der Waals surface area contributed by atoms with Crippen LogP contribution in [-0.2, 0) is 5.41 Å². The Balaban J connectivity index is 0.926. The van der Waals surface area contributed by atoms with Gasteiger partial charge in [-0.2, -0.15) is 0 Å². The van der Waals surface area contributed by atoms with Crippen LogP contribution < -0.4 is 26.2 Å². The van der Waals surface area contributed by atoms with E-state index in [4.69, 9.17) is 4.42 Å². The Kier molecular flexibility index (Phi) is 13.5. The summed E-state index contributed by atoms with van der Waals surface area (Å²) in [6, 6.07) is 127. The predicted octanol–water partition coefficient (Wildman–Crippen LogP) is 25.3. The van der Waals surface area contributed by atoms with Gasteiger partial charge in [-0.05, 0) is 136 Å². The first-order chi connectivity index (χ1) is 49.8. The van der Waals surface area contributed by atoms with Crippen molar-refractivity contribution in [2.24, 2.45) is 0 Å². The third kappa shape index (κ3) is 9.34. The average Bonchev–Trinajstić information content (AvgIpc) is 1.26. The molecule has 20 rings (SSSR count). The molecule has 0 saturated carbocycles. The number of thiophene rings is 1. The van der Waals surface area contributed by atoms with E-state index in [-0.39, 0.29) is 12.1 Å². The second-order valence-electron chi connectivity index (χ2n) is 28.1. The van der Waals surface area contributed by atoms with E-state index in [1.54, 1.807) is 0 Å². The number of rotatable bonds is 9. The highest BCUT2D eigenvalue weighted by molar-refractivity contribution is 7.25. The number of anilines is 6. The van der Waals surface area contributed by atoms with Crippen LogP contribution in [0.25, 0.3) is 142 Å². The fourth-order valence-corrected chi connectivity index (χ4v) is 17.9. The van der Waals surface area contributed by atoms with E-state index < -0.39 is 0 Å². The van der Waals surface area contributed by atoms with Gasteiger partial charge in [0.15, 0.2) is 0 Å². The molecule has 0 bridgehead atoms. The van der Waals surface area contributed by atoms with Gasteiger partial charge >= 0.3 is 0 Å². The minimum Gasteiger partial charge on any atom is -0.455 e. The lowest BCUT2D eigenvalue weighted by Gasteiger charge is -2.46. The molecule has 101 heavy (non-hydrogen) atoms. The average molecular weight is 1310 g/mol. The molecule has 2 aromatic heterocycles. The zero-order valence-corrected chi connectivity index (χ0v) is 56.9. The summed E-state index contributed by atoms with van der Waals surface area (Å²) >= 11 is 1.88. The van der Waals surface area contributed by atoms with Crippen LogP contribution in [0.5, 0.6) is 0 Å². The summed E-state index contributed by atoms with van der Waals surface area (Å²) in [6.07, 6.45) is 0. The Morgan fingerprint density at radius 3 is 1.29 bits per heavy atom. The third-order valence-corrected chi connectivity index (χ3v) is 22.5. The zero-order valence-electron chi connectivity index (χ0n) is 56.1. The summed E-state index contributed by atoms with van der Waals surface area (Å²) in [5, 5.41) is 9.51. The fraction of sp³-hybridized carbons (Fsp3) is 0.0417. The fourth-order valence-electron chi connectivity index (χ4n) is 16.8. The molecular weight excluding hydrogens is 1240 g/mol. The van der Waals surface area contributed by atoms with Crippen LogP contribution in [0.4, 0.5) is 34.1 Å². The molecule has 0 saturated heterocycles. The molecule has 2 aliphatic rings. The zero-order chi connectivity index (χ0) is 67.0. The van der Waals surface area contributed by atoms with Crippen LogP contribution >= 0.6 is 11.3 Å². The maximum atomic E-state index is 6.90. The summed E-state index contributed by atoms with van der Waals surface area (Å²) in [7, 11) is 0. The molecule has 474 valence electrons. The number of hydrogen-bond acceptors (Lipinski definition) is 4. The van der Waals surface area contributed by atoms with Crippen LogP contribution in [0.1, 0.15) is 26.3 Å². The van der Waals surface area contributed by atoms with Gasteiger partial charge in [0.2, 0.25) is 0 Å². The van der Waals surface area contributed by atoms with Gasteiger partial charge < -0.3 is 14.2 Å². The second kappa shape index (κ2) is 23.2. The first-order valence-corrected chi connectivity index (χ1v) is 35.9. The van der Waals surface area contributed by atoms with Gasteiger partial charge in [0, 0.05) is 87.1 Å². The van der Waals surface area contributed by atoms with E-state index in [0.717, 1.165) is 112 Å². The molecule has 3 nitrogen and oxygen atoms in total. The van der Waals surface area contributed by atoms with Crippen molar-refractivity contribution in [3.8, 4) is 77.9 Å². The largest absolute Gasteiger partial charge is 0.455 e. The second-order valence-corrected chi connectivity index (χ2v) is 29.2. The van der Waals surface area contributed by atoms with E-state index in [1.807, 2.05) is 11.3 Å². The topological polar surface area (TPSA) is 19.6 Å². The Bertz CT molecular complexity index is 6210. The molecule has 4 heterocycles. The normalized spacial score (nSPS) is 12.6. The van der Waals surface area contributed by atoms with Crippen molar-refractivity contribution in [1.29, 1.82) is 0 Å². The molecule has 0 aliphatic carbocycles. The highest BCUT2D eigenvalue weighted by Crippen LogP contribution is 2.56. The monoisotopic (exact) mass is 1300 g/mol. The van der Waals surface area contributed by atoms with Gasteiger partial charge in [0.25, 0.3) is 6.71 Å². The van der Waals surface area contributed by atoms with Crippen molar-refractivity contribution in [1.82, 2.24) is 0 Å². The van der Waals surface area contributed by atoms with Gasteiger partial charge in [0.05, 0.1) is 11.4 Å². The van der Waals surface area contributed by atoms with Crippen molar-refractivity contribution in [3.63, 3.8) is 0 Å². The van der Waals surface area contributed by atoms with Crippen LogP contribution in [0.15, 0.2) is 344 Å². The number of furan rings is 1. The Morgan fingerprint density at radius 2 is 0.723 bits per heavy atom. The minimum atomic E-state index is -0.301. The molecule has 2 aliphatic heterocycles. The molecule has 5 heteroatoms. The number of benzene rings is 16. The van der Waals surface area contributed by atoms with Gasteiger partial charge in [-0.3, -0.25) is 0 Å². The summed E-state index contributed by atoms with van der Waals surface area (Å²) in [5.74, 6) is 0. The number of para-hydroxylation sites is 4. The van der Waals surface area contributed by atoms with Crippen LogP contribution in [0.2, 0.25) is 0 Å². The standard InChI is InChI=1S/C96H65BN2OS/c1-96(2,3)67-58-85-92-86(59-67)99(94-70(62-31-12-6-13-32-62)43-25-44-71(94)63-33-14-7-15-34-63)84-56-66(90-75-37-16-18-39-77(75)91(78-40-19-17-38-76(78)90)80-46-26-45-79-72-35-20-22-47-87(72)100-95(79)80)50-53-81(84)97(92)82-55-64(65-49-52-74-73-36-21-23-48-88(73)101-89(74)57-65)51-54-83(82)98(85)93-68(60-27-8-4-9-28-60)41-24-42-69(93)61-29-10-5-11-30-61/h4-59H,1-3H3. The first-order valence-electron chi connectivity index (χ1n) is 35.1. The lowest BCUT2D eigenvalue weighted by atomic mass is 9.33. The van der Waals surface area contributed by atoms with Crippen molar-refractivity contribution in [2.45, 2.75) is 26.2 Å². The number of fused-ring (bicyclic) bond motifs is 12. The molecular formula is C96H65BN2OS. The molecule has 0 unspecified atom stereocenters. The molecule has 0 atom stereocenters. The maximum absolute atomic E-state index is 6.90. The predicted molar refractivity (Wildman–Crippen MR) is 432 cm³/mol. The molecule has 18 aromatic rings. The number of nitrogens with zero attached hydrogens (tertiary/aromatic N) is 2.